The summed E-state index contributed by atoms with van der Waals surface area (Å²) in [5, 5.41) is 13.0. The van der Waals surface area contributed by atoms with Crippen LogP contribution in [0.3, 0.4) is 0 Å². The number of aryl methyl sites for hydroxylation is 2. The summed E-state index contributed by atoms with van der Waals surface area (Å²) in [6.45, 7) is 5.60. The average molecular weight is 415 g/mol. The van der Waals surface area contributed by atoms with Crippen LogP contribution in [0.25, 0.3) is 11.4 Å². The molecule has 3 aromatic rings. The van der Waals surface area contributed by atoms with Gasteiger partial charge >= 0.3 is 0 Å². The molecule has 4 rings (SSSR count). The van der Waals surface area contributed by atoms with Gasteiger partial charge < -0.3 is 9.42 Å². The number of rotatable bonds is 6. The maximum atomic E-state index is 12.6. The zero-order valence-corrected chi connectivity index (χ0v) is 17.6. The fourth-order valence-corrected chi connectivity index (χ4v) is 3.64. The van der Waals surface area contributed by atoms with Crippen molar-refractivity contribution in [1.82, 2.24) is 19.9 Å². The molecule has 2 heterocycles. The van der Waals surface area contributed by atoms with Crippen LogP contribution in [0.4, 0.5) is 0 Å². The van der Waals surface area contributed by atoms with E-state index in [9.17, 15) is 4.79 Å². The molecular formula is C24H25N5O2. The Bertz CT molecular complexity index is 1060. The second-order valence-electron chi connectivity index (χ2n) is 7.84. The lowest BCUT2D eigenvalue weighted by atomic mass is 10.1. The molecule has 0 N–H and O–H groups in total. The Balaban J connectivity index is 1.23. The number of amides is 1. The first-order valence-corrected chi connectivity index (χ1v) is 10.5. The first-order valence-electron chi connectivity index (χ1n) is 10.5. The Morgan fingerprint density at radius 3 is 2.45 bits per heavy atom. The van der Waals surface area contributed by atoms with Gasteiger partial charge in [0.15, 0.2) is 0 Å². The Labute approximate surface area is 181 Å². The summed E-state index contributed by atoms with van der Waals surface area (Å²) in [6.07, 6.45) is 1.17. The molecule has 0 spiro atoms. The van der Waals surface area contributed by atoms with Gasteiger partial charge in [0.05, 0.1) is 18.2 Å². The minimum absolute atomic E-state index is 0.170. The summed E-state index contributed by atoms with van der Waals surface area (Å²) in [4.78, 5) is 21.2. The molecule has 7 heteroatoms. The van der Waals surface area contributed by atoms with Crippen molar-refractivity contribution in [3.05, 3.63) is 71.1 Å². The Morgan fingerprint density at radius 1 is 1.06 bits per heavy atom. The second-order valence-corrected chi connectivity index (χ2v) is 7.84. The molecule has 0 aliphatic carbocycles. The van der Waals surface area contributed by atoms with Crippen LogP contribution >= 0.6 is 0 Å². The number of benzene rings is 2. The molecule has 0 saturated carbocycles. The highest BCUT2D eigenvalue weighted by molar-refractivity contribution is 5.76. The Hall–Kier alpha value is -3.50. The summed E-state index contributed by atoms with van der Waals surface area (Å²) in [5.74, 6) is 1.37. The average Bonchev–Trinajstić information content (AvgIpc) is 3.27. The lowest BCUT2D eigenvalue weighted by Crippen LogP contribution is -2.48. The molecule has 31 heavy (non-hydrogen) atoms. The van der Waals surface area contributed by atoms with E-state index < -0.39 is 0 Å². The maximum Gasteiger partial charge on any atom is 0.241 e. The van der Waals surface area contributed by atoms with Crippen LogP contribution in [-0.4, -0.2) is 52.0 Å². The van der Waals surface area contributed by atoms with Crippen LogP contribution in [0, 0.1) is 18.3 Å². The third-order valence-electron chi connectivity index (χ3n) is 5.57. The van der Waals surface area contributed by atoms with Crippen molar-refractivity contribution >= 4 is 5.91 Å². The standard InChI is InChI=1S/C24H25N5O2/c1-18-2-9-21(10-3-18)24-26-22(31-27-24)17-28-12-14-29(15-13-28)23(30)11-8-19-4-6-20(16-25)7-5-19/h2-7,9-10H,8,11-15,17H2,1H3. The number of aromatic nitrogens is 2. The van der Waals surface area contributed by atoms with Gasteiger partial charge in [-0.2, -0.15) is 10.2 Å². The largest absolute Gasteiger partial charge is 0.340 e. The lowest BCUT2D eigenvalue weighted by Gasteiger charge is -2.34. The molecule has 1 amide bonds. The maximum absolute atomic E-state index is 12.6. The molecule has 1 aliphatic rings. The molecule has 0 unspecified atom stereocenters. The molecule has 1 aromatic heterocycles. The first kappa shape index (κ1) is 20.8. The quantitative estimate of drug-likeness (QED) is 0.615. The van der Waals surface area contributed by atoms with Crippen molar-refractivity contribution in [2.45, 2.75) is 26.3 Å². The van der Waals surface area contributed by atoms with E-state index in [-0.39, 0.29) is 5.91 Å². The van der Waals surface area contributed by atoms with E-state index in [0.29, 0.717) is 49.8 Å². The van der Waals surface area contributed by atoms with E-state index in [4.69, 9.17) is 9.78 Å². The molecule has 0 atom stereocenters. The van der Waals surface area contributed by atoms with E-state index in [0.717, 1.165) is 24.2 Å². The fraction of sp³-hybridized carbons (Fsp3) is 0.333. The van der Waals surface area contributed by atoms with Crippen LogP contribution in [0.1, 0.15) is 29.0 Å². The van der Waals surface area contributed by atoms with E-state index in [1.165, 1.54) is 5.56 Å². The third kappa shape index (κ3) is 5.36. The summed E-state index contributed by atoms with van der Waals surface area (Å²) in [5.41, 5.74) is 3.85. The molecule has 1 fully saturated rings. The predicted octanol–water partition coefficient (Wildman–Crippen LogP) is 3.19. The summed E-state index contributed by atoms with van der Waals surface area (Å²) >= 11 is 0. The molecule has 0 bridgehead atoms. The van der Waals surface area contributed by atoms with E-state index in [1.807, 2.05) is 48.2 Å². The molecule has 0 radical (unpaired) electrons. The number of nitriles is 1. The van der Waals surface area contributed by atoms with Gasteiger partial charge in [-0.25, -0.2) is 0 Å². The molecule has 2 aromatic carbocycles. The summed E-state index contributed by atoms with van der Waals surface area (Å²) in [7, 11) is 0. The van der Waals surface area contributed by atoms with Crippen molar-refractivity contribution in [1.29, 1.82) is 5.26 Å². The van der Waals surface area contributed by atoms with E-state index in [2.05, 4.69) is 21.1 Å². The van der Waals surface area contributed by atoms with Crippen LogP contribution in [0.5, 0.6) is 0 Å². The highest BCUT2D eigenvalue weighted by Crippen LogP contribution is 2.17. The third-order valence-corrected chi connectivity index (χ3v) is 5.57. The van der Waals surface area contributed by atoms with Gasteiger partial charge in [-0.3, -0.25) is 9.69 Å². The number of hydrogen-bond acceptors (Lipinski definition) is 6. The van der Waals surface area contributed by atoms with Crippen molar-refractivity contribution in [2.75, 3.05) is 26.2 Å². The van der Waals surface area contributed by atoms with Gasteiger partial charge in [-0.05, 0) is 31.0 Å². The van der Waals surface area contributed by atoms with Crippen LogP contribution < -0.4 is 0 Å². The van der Waals surface area contributed by atoms with Gasteiger partial charge in [0, 0.05) is 38.2 Å². The molecule has 1 saturated heterocycles. The number of piperazine rings is 1. The van der Waals surface area contributed by atoms with E-state index >= 15 is 0 Å². The number of carbonyl (C=O) groups is 1. The summed E-state index contributed by atoms with van der Waals surface area (Å²) in [6, 6.07) is 17.6. The van der Waals surface area contributed by atoms with Crippen molar-refractivity contribution < 1.29 is 9.32 Å². The number of nitrogens with zero attached hydrogens (tertiary/aromatic N) is 5. The smallest absolute Gasteiger partial charge is 0.241 e. The minimum atomic E-state index is 0.170. The molecule has 158 valence electrons. The Kier molecular flexibility index (Phi) is 6.39. The van der Waals surface area contributed by atoms with Crippen LogP contribution in [0.15, 0.2) is 53.1 Å². The normalized spacial score (nSPS) is 14.4. The first-order chi connectivity index (χ1) is 15.1. The van der Waals surface area contributed by atoms with Gasteiger partial charge in [0.25, 0.3) is 0 Å². The molecule has 7 nitrogen and oxygen atoms in total. The minimum Gasteiger partial charge on any atom is -0.340 e. The number of hydrogen-bond donors (Lipinski definition) is 0. The highest BCUT2D eigenvalue weighted by atomic mass is 16.5. The van der Waals surface area contributed by atoms with Crippen molar-refractivity contribution in [3.63, 3.8) is 0 Å². The highest BCUT2D eigenvalue weighted by Gasteiger charge is 2.22. The van der Waals surface area contributed by atoms with Crippen molar-refractivity contribution in [2.24, 2.45) is 0 Å². The molecular weight excluding hydrogens is 390 g/mol. The number of carbonyl (C=O) groups excluding carboxylic acids is 1. The monoisotopic (exact) mass is 415 g/mol. The molecule has 1 aliphatic heterocycles. The SMILES string of the molecule is Cc1ccc(-c2noc(CN3CCN(C(=O)CCc4ccc(C#N)cc4)CC3)n2)cc1. The second kappa shape index (κ2) is 9.54. The van der Waals surface area contributed by atoms with Crippen molar-refractivity contribution in [3.8, 4) is 17.5 Å². The topological polar surface area (TPSA) is 86.3 Å². The van der Waals surface area contributed by atoms with Gasteiger partial charge in [-0.1, -0.05) is 47.1 Å². The van der Waals surface area contributed by atoms with Gasteiger partial charge in [0.2, 0.25) is 17.6 Å². The zero-order valence-electron chi connectivity index (χ0n) is 17.6. The zero-order chi connectivity index (χ0) is 21.6. The summed E-state index contributed by atoms with van der Waals surface area (Å²) < 4.78 is 5.43. The van der Waals surface area contributed by atoms with Gasteiger partial charge in [-0.15, -0.1) is 0 Å². The Morgan fingerprint density at radius 2 is 1.77 bits per heavy atom. The van der Waals surface area contributed by atoms with Gasteiger partial charge in [0.1, 0.15) is 0 Å². The van der Waals surface area contributed by atoms with E-state index in [1.54, 1.807) is 12.1 Å². The fourth-order valence-electron chi connectivity index (χ4n) is 3.64. The predicted molar refractivity (Wildman–Crippen MR) is 116 cm³/mol. The van der Waals surface area contributed by atoms with Crippen LogP contribution in [-0.2, 0) is 17.8 Å². The lowest BCUT2D eigenvalue weighted by molar-refractivity contribution is -0.133. The van der Waals surface area contributed by atoms with Crippen LogP contribution in [0.2, 0.25) is 0 Å².